The lowest BCUT2D eigenvalue weighted by Crippen LogP contribution is -1.99. The molecule has 210 valence electrons. The molecule has 0 fully saturated rings. The standard InChI is InChI=1S/C42H27N3/c1-6-19-37-31(14-1)32-15-2-7-20-38(32)43(37)28-12-11-13-29(26-28)44-41-23-10-5-18-35(41)36-27-30(24-25-42(36)44)45-39-21-8-3-16-33(39)34-17-4-9-22-40(34)45/h1-27H/i1D,2D,3D,4D,5D,6D,7D,8D,9D,10D,11D,12D,13D,14D,15D,16D,17D,18D,19D,20D,21D,22D,23D,24D,25D,26D,27D. The molecule has 0 amide bonds. The van der Waals surface area contributed by atoms with Crippen molar-refractivity contribution >= 4 is 65.4 Å². The van der Waals surface area contributed by atoms with Crippen molar-refractivity contribution in [3.05, 3.63) is 163 Å². The molecule has 3 aromatic heterocycles. The van der Waals surface area contributed by atoms with Crippen LogP contribution in [-0.4, -0.2) is 13.7 Å². The number of hydrogen-bond donors (Lipinski definition) is 0. The summed E-state index contributed by atoms with van der Waals surface area (Å²) in [7, 11) is 0. The number of aromatic nitrogens is 3. The number of fused-ring (bicyclic) bond motifs is 9. The van der Waals surface area contributed by atoms with E-state index >= 15 is 0 Å². The van der Waals surface area contributed by atoms with E-state index in [2.05, 4.69) is 0 Å². The summed E-state index contributed by atoms with van der Waals surface area (Å²) in [6, 6.07) is -24.0. The predicted octanol–water partition coefficient (Wildman–Crippen LogP) is 11.0. The van der Waals surface area contributed by atoms with Crippen molar-refractivity contribution in [1.82, 2.24) is 13.7 Å². The predicted molar refractivity (Wildman–Crippen MR) is 189 cm³/mol. The molecule has 0 aliphatic heterocycles. The highest BCUT2D eigenvalue weighted by Crippen LogP contribution is 2.38. The number of hydrogen-bond acceptors (Lipinski definition) is 0. The first kappa shape index (κ1) is 9.98. The normalized spacial score (nSPS) is 20.4. The van der Waals surface area contributed by atoms with Crippen molar-refractivity contribution in [2.75, 3.05) is 0 Å². The van der Waals surface area contributed by atoms with Gasteiger partial charge in [-0.2, -0.15) is 0 Å². The Morgan fingerprint density at radius 2 is 0.578 bits per heavy atom. The maximum absolute atomic E-state index is 9.89. The van der Waals surface area contributed by atoms with E-state index in [0.717, 1.165) is 9.13 Å². The van der Waals surface area contributed by atoms with Crippen LogP contribution in [0.3, 0.4) is 0 Å². The first-order valence-electron chi connectivity index (χ1n) is 26.8. The van der Waals surface area contributed by atoms with E-state index in [9.17, 15) is 11.0 Å². The van der Waals surface area contributed by atoms with Gasteiger partial charge in [0.15, 0.2) is 0 Å². The van der Waals surface area contributed by atoms with Gasteiger partial charge >= 0.3 is 0 Å². The summed E-state index contributed by atoms with van der Waals surface area (Å²) in [4.78, 5) is 0. The van der Waals surface area contributed by atoms with Gasteiger partial charge in [0, 0.05) is 49.4 Å². The smallest absolute Gasteiger partial charge is 0.0667 e. The third kappa shape index (κ3) is 3.41. The van der Waals surface area contributed by atoms with Gasteiger partial charge in [-0.15, -0.1) is 0 Å². The molecule has 45 heavy (non-hydrogen) atoms. The van der Waals surface area contributed by atoms with Crippen molar-refractivity contribution in [3.63, 3.8) is 0 Å². The van der Waals surface area contributed by atoms with Gasteiger partial charge < -0.3 is 13.7 Å². The third-order valence-electron chi connectivity index (χ3n) is 7.48. The van der Waals surface area contributed by atoms with Gasteiger partial charge in [0.2, 0.25) is 0 Å². The van der Waals surface area contributed by atoms with E-state index in [-0.39, 0.29) is 0 Å². The fourth-order valence-corrected chi connectivity index (χ4v) is 5.68. The lowest BCUT2D eigenvalue weighted by molar-refractivity contribution is 1.13. The zero-order valence-electron chi connectivity index (χ0n) is 49.3. The molecular weight excluding hydrogens is 546 g/mol. The quantitative estimate of drug-likeness (QED) is 0.192. The maximum atomic E-state index is 9.89. The average molecular weight is 601 g/mol. The molecule has 0 N–H and O–H groups in total. The lowest BCUT2D eigenvalue weighted by atomic mass is 10.1. The molecule has 0 radical (unpaired) electrons. The molecule has 3 heteroatoms. The van der Waals surface area contributed by atoms with Gasteiger partial charge in [-0.25, -0.2) is 0 Å². The molecule has 0 bridgehead atoms. The molecule has 0 atom stereocenters. The highest BCUT2D eigenvalue weighted by molar-refractivity contribution is 6.12. The van der Waals surface area contributed by atoms with Crippen LogP contribution < -0.4 is 0 Å². The van der Waals surface area contributed by atoms with Crippen molar-refractivity contribution in [2.45, 2.75) is 0 Å². The summed E-state index contributed by atoms with van der Waals surface area (Å²) in [5.41, 5.74) is -6.20. The van der Waals surface area contributed by atoms with E-state index in [1.807, 2.05) is 0 Å². The second-order valence-corrected chi connectivity index (χ2v) is 9.77. The number of rotatable bonds is 3. The fourth-order valence-electron chi connectivity index (χ4n) is 5.68. The first-order chi connectivity index (χ1) is 33.6. The fraction of sp³-hybridized carbons (Fsp3) is 0. The van der Waals surface area contributed by atoms with Crippen molar-refractivity contribution in [2.24, 2.45) is 0 Å². The van der Waals surface area contributed by atoms with Gasteiger partial charge in [0.05, 0.1) is 70.1 Å². The molecule has 0 unspecified atom stereocenters. The zero-order valence-corrected chi connectivity index (χ0v) is 22.3. The second kappa shape index (κ2) is 9.22. The molecule has 10 aromatic rings. The Balaban J connectivity index is 1.47. The highest BCUT2D eigenvalue weighted by atomic mass is 15.0. The summed E-state index contributed by atoms with van der Waals surface area (Å²) in [5, 5.41) is -3.11. The number of benzene rings is 7. The van der Waals surface area contributed by atoms with Crippen molar-refractivity contribution < 1.29 is 37.0 Å². The Morgan fingerprint density at radius 1 is 0.267 bits per heavy atom. The molecule has 3 heterocycles. The van der Waals surface area contributed by atoms with Crippen LogP contribution in [0.1, 0.15) is 37.0 Å². The van der Waals surface area contributed by atoms with Crippen LogP contribution in [0, 0.1) is 0 Å². The zero-order chi connectivity index (χ0) is 53.0. The van der Waals surface area contributed by atoms with E-state index in [0.29, 0.717) is 4.57 Å². The third-order valence-corrected chi connectivity index (χ3v) is 7.48. The van der Waals surface area contributed by atoms with Gasteiger partial charge in [-0.05, 0) is 66.5 Å². The van der Waals surface area contributed by atoms with Crippen molar-refractivity contribution in [3.8, 4) is 17.1 Å². The molecule has 0 aliphatic rings. The molecule has 3 nitrogen and oxygen atoms in total. The molecule has 0 aliphatic carbocycles. The molecular formula is C42H27N3. The summed E-state index contributed by atoms with van der Waals surface area (Å²) < 4.78 is 244. The lowest BCUT2D eigenvalue weighted by Gasteiger charge is -2.13. The Labute approximate surface area is 297 Å². The Bertz CT molecular complexity index is 4140. The summed E-state index contributed by atoms with van der Waals surface area (Å²) in [6.45, 7) is 0. The van der Waals surface area contributed by atoms with Crippen LogP contribution in [0.5, 0.6) is 0 Å². The van der Waals surface area contributed by atoms with E-state index in [4.69, 9.17) is 26.0 Å². The van der Waals surface area contributed by atoms with Crippen molar-refractivity contribution in [1.29, 1.82) is 0 Å². The minimum absolute atomic E-state index is 0.457. The van der Waals surface area contributed by atoms with Crippen LogP contribution in [0.2, 0.25) is 0 Å². The molecule has 7 aromatic carbocycles. The number of nitrogens with zero attached hydrogens (tertiary/aromatic N) is 3. The second-order valence-electron chi connectivity index (χ2n) is 9.77. The van der Waals surface area contributed by atoms with Crippen LogP contribution in [0.4, 0.5) is 0 Å². The van der Waals surface area contributed by atoms with E-state index in [1.165, 1.54) is 0 Å². The molecule has 0 saturated carbocycles. The van der Waals surface area contributed by atoms with Crippen LogP contribution in [-0.2, 0) is 0 Å². The largest absolute Gasteiger partial charge is 0.309 e. The summed E-state index contributed by atoms with van der Waals surface area (Å²) in [5.74, 6) is 0. The van der Waals surface area contributed by atoms with E-state index < -0.39 is 246 Å². The maximum Gasteiger partial charge on any atom is 0.0667 e. The molecule has 10 rings (SSSR count). The summed E-state index contributed by atoms with van der Waals surface area (Å²) in [6.07, 6.45) is 0. The van der Waals surface area contributed by atoms with Gasteiger partial charge in [0.1, 0.15) is 0 Å². The monoisotopic (exact) mass is 600 g/mol. The minimum atomic E-state index is -1.06. The number of para-hydroxylation sites is 5. The minimum Gasteiger partial charge on any atom is -0.309 e. The van der Waals surface area contributed by atoms with Gasteiger partial charge in [-0.3, -0.25) is 0 Å². The Kier molecular flexibility index (Phi) is 2.04. The topological polar surface area (TPSA) is 14.8 Å². The Morgan fingerprint density at radius 3 is 0.978 bits per heavy atom. The molecule has 0 spiro atoms. The molecule has 0 saturated heterocycles. The van der Waals surface area contributed by atoms with Crippen LogP contribution in [0.15, 0.2) is 163 Å². The van der Waals surface area contributed by atoms with E-state index in [1.54, 1.807) is 0 Å². The Hall–Kier alpha value is -6.06. The van der Waals surface area contributed by atoms with Gasteiger partial charge in [-0.1, -0.05) is 96.7 Å². The van der Waals surface area contributed by atoms with Crippen LogP contribution in [0.25, 0.3) is 82.5 Å². The summed E-state index contributed by atoms with van der Waals surface area (Å²) >= 11 is 0. The average Bonchev–Trinajstić information content (AvgIpc) is 4.01. The highest BCUT2D eigenvalue weighted by Gasteiger charge is 2.17. The van der Waals surface area contributed by atoms with Gasteiger partial charge in [0.25, 0.3) is 0 Å². The SMILES string of the molecule is [2H]c1c([2H])c(-n2c3c([2H])c([2H])c([2H])c([2H])c3c3c([2H])c([2H])c([2H])c([2H])c32)c([2H])c(-n2c3c([2H])c([2H])c([2H])c([2H])c3c3c([2H])c(-n4c5c([2H])c([2H])c([2H])c([2H])c5c5c([2H])c([2H])c([2H])c([2H])c54)c([2H])c([2H])c32)c1[2H]. The first-order valence-corrected chi connectivity index (χ1v) is 13.3. The van der Waals surface area contributed by atoms with Crippen LogP contribution >= 0.6 is 0 Å².